The molecule has 0 aliphatic heterocycles. The molecule has 3 heteroatoms. The minimum absolute atomic E-state index is 0.123. The predicted molar refractivity (Wildman–Crippen MR) is 105 cm³/mol. The Morgan fingerprint density at radius 3 is 2.67 bits per heavy atom. The first kappa shape index (κ1) is 17.7. The fraction of sp³-hybridized carbons (Fsp3) is 0.708. The lowest BCUT2D eigenvalue weighted by Gasteiger charge is -2.62. The summed E-state index contributed by atoms with van der Waals surface area (Å²) in [5, 5.41) is 12.1. The smallest absolute Gasteiger partial charge is 0.335 e. The first-order chi connectivity index (χ1) is 12.9. The van der Waals surface area contributed by atoms with E-state index in [4.69, 9.17) is 4.42 Å². The van der Waals surface area contributed by atoms with Crippen LogP contribution in [-0.4, -0.2) is 10.7 Å². The molecule has 146 valence electrons. The van der Waals surface area contributed by atoms with Crippen molar-refractivity contribution >= 4 is 0 Å². The minimum Gasteiger partial charge on any atom is -0.431 e. The Labute approximate surface area is 161 Å². The lowest BCUT2D eigenvalue weighted by atomic mass is 9.44. The van der Waals surface area contributed by atoms with E-state index in [-0.39, 0.29) is 17.0 Å². The summed E-state index contributed by atoms with van der Waals surface area (Å²) in [5.41, 5.74) is 0.435. The van der Waals surface area contributed by atoms with E-state index in [1.165, 1.54) is 38.2 Å². The fourth-order valence-corrected chi connectivity index (χ4v) is 7.91. The maximum absolute atomic E-state index is 12.1. The van der Waals surface area contributed by atoms with Crippen LogP contribution in [0.2, 0.25) is 0 Å². The van der Waals surface area contributed by atoms with E-state index in [9.17, 15) is 9.90 Å². The third kappa shape index (κ3) is 2.27. The molecule has 0 aromatic carbocycles. The van der Waals surface area contributed by atoms with Crippen LogP contribution in [0.4, 0.5) is 0 Å². The zero-order valence-corrected chi connectivity index (χ0v) is 16.6. The highest BCUT2D eigenvalue weighted by Gasteiger charge is 2.66. The SMILES string of the molecule is C[C@]12CC=CCC1CCC1C2CC[C@]2(C)[C@@H](c3ccc(=O)oc3)CC[C@]12O. The molecule has 27 heavy (non-hydrogen) atoms. The molecule has 4 aliphatic carbocycles. The third-order valence-electron chi connectivity index (χ3n) is 9.52. The molecule has 3 fully saturated rings. The van der Waals surface area contributed by atoms with E-state index < -0.39 is 5.60 Å². The van der Waals surface area contributed by atoms with Crippen molar-refractivity contribution in [2.24, 2.45) is 28.6 Å². The van der Waals surface area contributed by atoms with Gasteiger partial charge in [0.1, 0.15) is 0 Å². The second-order valence-corrected chi connectivity index (χ2v) is 10.3. The van der Waals surface area contributed by atoms with Gasteiger partial charge in [0.15, 0.2) is 0 Å². The first-order valence-electron chi connectivity index (χ1n) is 10.8. The fourth-order valence-electron chi connectivity index (χ4n) is 7.91. The van der Waals surface area contributed by atoms with E-state index in [1.807, 2.05) is 6.07 Å². The maximum atomic E-state index is 12.1. The van der Waals surface area contributed by atoms with Crippen molar-refractivity contribution in [2.45, 2.75) is 76.7 Å². The summed E-state index contributed by atoms with van der Waals surface area (Å²) in [6.45, 7) is 4.81. The van der Waals surface area contributed by atoms with E-state index >= 15 is 0 Å². The maximum Gasteiger partial charge on any atom is 0.335 e. The zero-order chi connectivity index (χ0) is 18.9. The van der Waals surface area contributed by atoms with Crippen LogP contribution in [0.3, 0.4) is 0 Å². The van der Waals surface area contributed by atoms with Gasteiger partial charge in [0.25, 0.3) is 0 Å². The van der Waals surface area contributed by atoms with Crippen LogP contribution in [-0.2, 0) is 0 Å². The van der Waals surface area contributed by atoms with Gasteiger partial charge in [-0.15, -0.1) is 0 Å². The molecule has 0 saturated heterocycles. The standard InChI is InChI=1S/C24H32O3/c1-22-12-4-3-5-17(22)7-8-20-19(22)10-13-23(2)18(11-14-24(20,23)26)16-6-9-21(25)27-15-16/h3-4,6,9,15,17-20,26H,5,7-8,10-14H2,1-2H3/t17?,18-,19?,20?,22+,23-,24+/m1/s1. The Bertz CT molecular complexity index is 805. The molecule has 0 spiro atoms. The van der Waals surface area contributed by atoms with Crippen molar-refractivity contribution in [3.8, 4) is 0 Å². The van der Waals surface area contributed by atoms with E-state index in [1.54, 1.807) is 6.26 Å². The summed E-state index contributed by atoms with van der Waals surface area (Å²) in [5.74, 6) is 2.11. The molecule has 0 amide bonds. The van der Waals surface area contributed by atoms with Crippen LogP contribution in [0.1, 0.15) is 76.7 Å². The average Bonchev–Trinajstić information content (AvgIpc) is 2.94. The number of hydrogen-bond acceptors (Lipinski definition) is 3. The molecule has 5 rings (SSSR count). The number of hydrogen-bond donors (Lipinski definition) is 1. The number of allylic oxidation sites excluding steroid dienone is 2. The van der Waals surface area contributed by atoms with E-state index in [0.717, 1.165) is 30.7 Å². The Balaban J connectivity index is 1.51. The summed E-state index contributed by atoms with van der Waals surface area (Å²) >= 11 is 0. The highest BCUT2D eigenvalue weighted by atomic mass is 16.4. The van der Waals surface area contributed by atoms with Crippen LogP contribution in [0.15, 0.2) is 39.8 Å². The summed E-state index contributed by atoms with van der Waals surface area (Å²) in [7, 11) is 0. The van der Waals surface area contributed by atoms with Gasteiger partial charge in [0.05, 0.1) is 11.9 Å². The van der Waals surface area contributed by atoms with Crippen molar-refractivity contribution in [3.05, 3.63) is 46.5 Å². The Kier molecular flexibility index (Phi) is 3.82. The van der Waals surface area contributed by atoms with Crippen LogP contribution in [0.5, 0.6) is 0 Å². The van der Waals surface area contributed by atoms with Crippen LogP contribution < -0.4 is 5.63 Å². The van der Waals surface area contributed by atoms with Crippen molar-refractivity contribution in [1.82, 2.24) is 0 Å². The Morgan fingerprint density at radius 1 is 1.04 bits per heavy atom. The van der Waals surface area contributed by atoms with Gasteiger partial charge in [0.2, 0.25) is 0 Å². The van der Waals surface area contributed by atoms with Gasteiger partial charge in [-0.2, -0.15) is 0 Å². The van der Waals surface area contributed by atoms with Gasteiger partial charge in [-0.05, 0) is 92.1 Å². The lowest BCUT2D eigenvalue weighted by Crippen LogP contribution is -2.61. The topological polar surface area (TPSA) is 50.4 Å². The molecule has 1 heterocycles. The summed E-state index contributed by atoms with van der Waals surface area (Å²) in [6, 6.07) is 3.45. The Morgan fingerprint density at radius 2 is 1.89 bits per heavy atom. The third-order valence-corrected chi connectivity index (χ3v) is 9.52. The first-order valence-corrected chi connectivity index (χ1v) is 10.8. The average molecular weight is 369 g/mol. The molecule has 1 aromatic rings. The highest BCUT2D eigenvalue weighted by molar-refractivity contribution is 5.27. The summed E-state index contributed by atoms with van der Waals surface area (Å²) in [4.78, 5) is 11.4. The summed E-state index contributed by atoms with van der Waals surface area (Å²) < 4.78 is 5.18. The molecule has 1 aromatic heterocycles. The molecular weight excluding hydrogens is 336 g/mol. The normalized spacial score (nSPS) is 48.6. The molecule has 0 bridgehead atoms. The van der Waals surface area contributed by atoms with Crippen molar-refractivity contribution < 1.29 is 9.52 Å². The number of fused-ring (bicyclic) bond motifs is 5. The van der Waals surface area contributed by atoms with Gasteiger partial charge in [-0.3, -0.25) is 0 Å². The van der Waals surface area contributed by atoms with Crippen LogP contribution in [0, 0.1) is 28.6 Å². The molecule has 4 aliphatic rings. The lowest BCUT2D eigenvalue weighted by molar-refractivity contribution is -0.195. The quantitative estimate of drug-likeness (QED) is 0.706. The molecule has 3 nitrogen and oxygen atoms in total. The second kappa shape index (κ2) is 5.83. The molecule has 3 unspecified atom stereocenters. The second-order valence-electron chi connectivity index (χ2n) is 10.3. The minimum atomic E-state index is -0.591. The van der Waals surface area contributed by atoms with Gasteiger partial charge < -0.3 is 9.52 Å². The van der Waals surface area contributed by atoms with Gasteiger partial charge >= 0.3 is 5.63 Å². The number of aliphatic hydroxyl groups is 1. The molecule has 7 atom stereocenters. The molecular formula is C24H32O3. The van der Waals surface area contributed by atoms with E-state index in [0.29, 0.717) is 17.3 Å². The van der Waals surface area contributed by atoms with Gasteiger partial charge in [-0.1, -0.05) is 26.0 Å². The highest BCUT2D eigenvalue weighted by Crippen LogP contribution is 2.70. The van der Waals surface area contributed by atoms with Crippen molar-refractivity contribution in [3.63, 3.8) is 0 Å². The van der Waals surface area contributed by atoms with E-state index in [2.05, 4.69) is 26.0 Å². The zero-order valence-electron chi connectivity index (χ0n) is 16.6. The predicted octanol–water partition coefficient (Wildman–Crippen LogP) is 5.05. The van der Waals surface area contributed by atoms with Crippen molar-refractivity contribution in [2.75, 3.05) is 0 Å². The molecule has 1 N–H and O–H groups in total. The Hall–Kier alpha value is -1.35. The van der Waals surface area contributed by atoms with Gasteiger partial charge in [-0.25, -0.2) is 4.79 Å². The largest absolute Gasteiger partial charge is 0.431 e. The molecule has 0 radical (unpaired) electrons. The van der Waals surface area contributed by atoms with Crippen molar-refractivity contribution in [1.29, 1.82) is 0 Å². The monoisotopic (exact) mass is 368 g/mol. The van der Waals surface area contributed by atoms with Crippen LogP contribution >= 0.6 is 0 Å². The summed E-state index contributed by atoms with van der Waals surface area (Å²) in [6.07, 6.45) is 15.4. The molecule has 3 saturated carbocycles. The van der Waals surface area contributed by atoms with Crippen LogP contribution in [0.25, 0.3) is 0 Å². The van der Waals surface area contributed by atoms with Gasteiger partial charge in [0, 0.05) is 11.5 Å². The number of rotatable bonds is 1.